The van der Waals surface area contributed by atoms with Crippen LogP contribution in [0.1, 0.15) is 6.92 Å². The van der Waals surface area contributed by atoms with E-state index in [4.69, 9.17) is 11.6 Å². The van der Waals surface area contributed by atoms with E-state index >= 15 is 0 Å². The third-order valence-electron chi connectivity index (χ3n) is 1.67. The van der Waals surface area contributed by atoms with Gasteiger partial charge in [-0.2, -0.15) is 0 Å². The molecule has 0 aromatic heterocycles. The van der Waals surface area contributed by atoms with Crippen LogP contribution in [-0.4, -0.2) is 18.6 Å². The summed E-state index contributed by atoms with van der Waals surface area (Å²) in [6, 6.07) is 5.44. The summed E-state index contributed by atoms with van der Waals surface area (Å²) in [5, 5.41) is 7.62. The first-order valence-electron chi connectivity index (χ1n) is 4.73. The predicted molar refractivity (Wildman–Crippen MR) is 62.7 cm³/mol. The van der Waals surface area contributed by atoms with E-state index in [1.54, 1.807) is 31.2 Å². The zero-order valence-corrected chi connectivity index (χ0v) is 9.47. The molecule has 1 aromatic rings. The van der Waals surface area contributed by atoms with Crippen LogP contribution in [0.15, 0.2) is 24.3 Å². The van der Waals surface area contributed by atoms with E-state index in [1.807, 2.05) is 0 Å². The van der Waals surface area contributed by atoms with Crippen molar-refractivity contribution in [3.05, 3.63) is 29.3 Å². The molecule has 86 valence electrons. The molecule has 0 fully saturated rings. The number of carbonyl (C=O) groups is 2. The van der Waals surface area contributed by atoms with Crippen molar-refractivity contribution < 1.29 is 9.59 Å². The van der Waals surface area contributed by atoms with Crippen LogP contribution < -0.4 is 16.0 Å². The Morgan fingerprint density at radius 1 is 1.19 bits per heavy atom. The number of nitrogens with one attached hydrogen (secondary N) is 3. The molecule has 0 aliphatic carbocycles. The van der Waals surface area contributed by atoms with Gasteiger partial charge in [-0.25, -0.2) is 9.59 Å². The molecular formula is C10H12ClN3O2. The fourth-order valence-electron chi connectivity index (χ4n) is 1.00. The van der Waals surface area contributed by atoms with Gasteiger partial charge in [0, 0.05) is 17.3 Å². The highest BCUT2D eigenvalue weighted by Gasteiger charge is 2.05. The zero-order chi connectivity index (χ0) is 12.0. The van der Waals surface area contributed by atoms with Crippen molar-refractivity contribution in [2.45, 2.75) is 6.92 Å². The SMILES string of the molecule is CCNC(=O)NC(=O)Nc1ccc(Cl)cc1. The Balaban J connectivity index is 2.45. The highest BCUT2D eigenvalue weighted by Crippen LogP contribution is 2.12. The third-order valence-corrected chi connectivity index (χ3v) is 1.92. The van der Waals surface area contributed by atoms with Crippen LogP contribution in [0, 0.1) is 0 Å². The molecule has 0 radical (unpaired) electrons. The molecule has 6 heteroatoms. The third kappa shape index (κ3) is 4.18. The number of halogens is 1. The highest BCUT2D eigenvalue weighted by molar-refractivity contribution is 6.30. The van der Waals surface area contributed by atoms with Crippen molar-refractivity contribution in [3.63, 3.8) is 0 Å². The topological polar surface area (TPSA) is 70.2 Å². The maximum atomic E-state index is 11.3. The van der Waals surface area contributed by atoms with Gasteiger partial charge in [0.2, 0.25) is 0 Å². The van der Waals surface area contributed by atoms with Crippen molar-refractivity contribution in [2.75, 3.05) is 11.9 Å². The predicted octanol–water partition coefficient (Wildman–Crippen LogP) is 2.19. The summed E-state index contributed by atoms with van der Waals surface area (Å²) in [6.07, 6.45) is 0. The summed E-state index contributed by atoms with van der Waals surface area (Å²) >= 11 is 5.68. The second-order valence-corrected chi connectivity index (χ2v) is 3.38. The van der Waals surface area contributed by atoms with Gasteiger partial charge < -0.3 is 10.6 Å². The molecule has 1 aromatic carbocycles. The Bertz CT molecular complexity index is 378. The van der Waals surface area contributed by atoms with Gasteiger partial charge in [-0.15, -0.1) is 0 Å². The standard InChI is InChI=1S/C10H12ClN3O2/c1-2-12-9(15)14-10(16)13-8-5-3-7(11)4-6-8/h3-6H,2H2,1H3,(H3,12,13,14,15,16). The molecule has 0 saturated carbocycles. The Kier molecular flexibility index (Phi) is 4.60. The van der Waals surface area contributed by atoms with Crippen molar-refractivity contribution in [3.8, 4) is 0 Å². The quantitative estimate of drug-likeness (QED) is 0.743. The molecule has 0 aliphatic rings. The van der Waals surface area contributed by atoms with Crippen LogP contribution >= 0.6 is 11.6 Å². The summed E-state index contributed by atoms with van der Waals surface area (Å²) in [5.41, 5.74) is 0.561. The minimum Gasteiger partial charge on any atom is -0.338 e. The van der Waals surface area contributed by atoms with E-state index in [1.165, 1.54) is 0 Å². The van der Waals surface area contributed by atoms with Gasteiger partial charge in [0.15, 0.2) is 0 Å². The lowest BCUT2D eigenvalue weighted by Gasteiger charge is -2.06. The lowest BCUT2D eigenvalue weighted by molar-refractivity contribution is 0.233. The average Bonchev–Trinajstić information content (AvgIpc) is 2.21. The molecule has 0 atom stereocenters. The van der Waals surface area contributed by atoms with Crippen LogP contribution in [0.5, 0.6) is 0 Å². The zero-order valence-electron chi connectivity index (χ0n) is 8.71. The van der Waals surface area contributed by atoms with Crippen LogP contribution in [-0.2, 0) is 0 Å². The second kappa shape index (κ2) is 5.97. The Labute approximate surface area is 98.2 Å². The van der Waals surface area contributed by atoms with Gasteiger partial charge in [-0.3, -0.25) is 5.32 Å². The van der Waals surface area contributed by atoms with Crippen LogP contribution in [0.3, 0.4) is 0 Å². The molecule has 4 amide bonds. The lowest BCUT2D eigenvalue weighted by Crippen LogP contribution is -2.41. The van der Waals surface area contributed by atoms with Gasteiger partial charge in [0.25, 0.3) is 0 Å². The van der Waals surface area contributed by atoms with E-state index < -0.39 is 12.1 Å². The fraction of sp³-hybridized carbons (Fsp3) is 0.200. The minimum absolute atomic E-state index is 0.458. The molecule has 0 unspecified atom stereocenters. The Morgan fingerprint density at radius 2 is 1.81 bits per heavy atom. The molecule has 0 bridgehead atoms. The maximum absolute atomic E-state index is 11.3. The monoisotopic (exact) mass is 241 g/mol. The van der Waals surface area contributed by atoms with Gasteiger partial charge in [0.05, 0.1) is 0 Å². The van der Waals surface area contributed by atoms with E-state index in [2.05, 4.69) is 16.0 Å². The summed E-state index contributed by atoms with van der Waals surface area (Å²) in [5.74, 6) is 0. The summed E-state index contributed by atoms with van der Waals surface area (Å²) in [7, 11) is 0. The molecule has 3 N–H and O–H groups in total. The summed E-state index contributed by atoms with van der Waals surface area (Å²) < 4.78 is 0. The number of anilines is 1. The second-order valence-electron chi connectivity index (χ2n) is 2.95. The van der Waals surface area contributed by atoms with E-state index in [-0.39, 0.29) is 0 Å². The van der Waals surface area contributed by atoms with Crippen LogP contribution in [0.25, 0.3) is 0 Å². The maximum Gasteiger partial charge on any atom is 0.327 e. The Hall–Kier alpha value is -1.75. The van der Waals surface area contributed by atoms with Crippen LogP contribution in [0.4, 0.5) is 15.3 Å². The first kappa shape index (κ1) is 12.3. The van der Waals surface area contributed by atoms with Crippen molar-refractivity contribution in [1.82, 2.24) is 10.6 Å². The number of carbonyl (C=O) groups excluding carboxylic acids is 2. The summed E-state index contributed by atoms with van der Waals surface area (Å²) in [4.78, 5) is 22.3. The van der Waals surface area contributed by atoms with E-state index in [0.29, 0.717) is 17.3 Å². The van der Waals surface area contributed by atoms with E-state index in [0.717, 1.165) is 0 Å². The largest absolute Gasteiger partial charge is 0.338 e. The first-order valence-corrected chi connectivity index (χ1v) is 5.11. The van der Waals surface area contributed by atoms with Gasteiger partial charge >= 0.3 is 12.1 Å². The first-order chi connectivity index (χ1) is 7.61. The average molecular weight is 242 g/mol. The molecule has 0 spiro atoms. The molecule has 0 aliphatic heterocycles. The minimum atomic E-state index is -0.590. The smallest absolute Gasteiger partial charge is 0.327 e. The summed E-state index contributed by atoms with van der Waals surface area (Å²) in [6.45, 7) is 2.22. The van der Waals surface area contributed by atoms with Crippen molar-refractivity contribution in [1.29, 1.82) is 0 Å². The van der Waals surface area contributed by atoms with E-state index in [9.17, 15) is 9.59 Å². The lowest BCUT2D eigenvalue weighted by atomic mass is 10.3. The fourth-order valence-corrected chi connectivity index (χ4v) is 1.13. The molecule has 16 heavy (non-hydrogen) atoms. The molecular weight excluding hydrogens is 230 g/mol. The van der Waals surface area contributed by atoms with Crippen molar-refractivity contribution >= 4 is 29.4 Å². The number of benzene rings is 1. The highest BCUT2D eigenvalue weighted by atomic mass is 35.5. The Morgan fingerprint density at radius 3 is 2.38 bits per heavy atom. The molecule has 1 rings (SSSR count). The van der Waals surface area contributed by atoms with Gasteiger partial charge in [-0.1, -0.05) is 11.6 Å². The number of hydrogen-bond donors (Lipinski definition) is 3. The van der Waals surface area contributed by atoms with Crippen molar-refractivity contribution in [2.24, 2.45) is 0 Å². The van der Waals surface area contributed by atoms with Crippen LogP contribution in [0.2, 0.25) is 5.02 Å². The normalized spacial score (nSPS) is 9.38. The number of imide groups is 1. The molecule has 0 heterocycles. The molecule has 0 saturated heterocycles. The number of rotatable bonds is 2. The van der Waals surface area contributed by atoms with Gasteiger partial charge in [-0.05, 0) is 31.2 Å². The number of urea groups is 2. The van der Waals surface area contributed by atoms with Gasteiger partial charge in [0.1, 0.15) is 0 Å². The molecule has 5 nitrogen and oxygen atoms in total. The number of hydrogen-bond acceptors (Lipinski definition) is 2. The number of amides is 4.